The van der Waals surface area contributed by atoms with E-state index in [1.165, 1.54) is 18.2 Å². The summed E-state index contributed by atoms with van der Waals surface area (Å²) in [7, 11) is 0. The number of carbonyl (C=O) groups excluding carboxylic acids is 1. The van der Waals surface area contributed by atoms with Gasteiger partial charge in [-0.3, -0.25) is 4.79 Å². The molecule has 0 radical (unpaired) electrons. The zero-order valence-corrected chi connectivity index (χ0v) is 15.1. The lowest BCUT2D eigenvalue weighted by Gasteiger charge is -2.21. The fourth-order valence-corrected chi connectivity index (χ4v) is 2.95. The van der Waals surface area contributed by atoms with Crippen molar-refractivity contribution in [2.24, 2.45) is 11.1 Å². The molecule has 0 unspecified atom stereocenters. The monoisotopic (exact) mass is 426 g/mol. The minimum absolute atomic E-state index is 0.0234. The van der Waals surface area contributed by atoms with Crippen molar-refractivity contribution in [3.05, 3.63) is 34.2 Å². The molecular weight excluding hydrogens is 411 g/mol. The Morgan fingerprint density at radius 3 is 2.81 bits per heavy atom. The number of rotatable bonds is 4. The van der Waals surface area contributed by atoms with Gasteiger partial charge in [0.15, 0.2) is 5.69 Å². The zero-order chi connectivity index (χ0) is 18.5. The van der Waals surface area contributed by atoms with E-state index in [0.717, 1.165) is 25.9 Å². The highest BCUT2D eigenvalue weighted by atomic mass is 79.9. The van der Waals surface area contributed by atoms with Gasteiger partial charge < -0.3 is 21.2 Å². The first kappa shape index (κ1) is 18.3. The van der Waals surface area contributed by atoms with E-state index >= 15 is 0 Å². The first-order valence-corrected chi connectivity index (χ1v) is 8.66. The maximum atomic E-state index is 13.3. The van der Waals surface area contributed by atoms with E-state index in [1.54, 1.807) is 0 Å². The third-order valence-electron chi connectivity index (χ3n) is 3.95. The van der Waals surface area contributed by atoms with Crippen LogP contribution in [0.25, 0.3) is 0 Å². The van der Waals surface area contributed by atoms with Crippen molar-refractivity contribution in [1.82, 2.24) is 15.6 Å². The Morgan fingerprint density at radius 1 is 1.35 bits per heavy atom. The van der Waals surface area contributed by atoms with Gasteiger partial charge in [-0.2, -0.15) is 0 Å². The van der Waals surface area contributed by atoms with Crippen LogP contribution in [0.15, 0.2) is 32.5 Å². The van der Waals surface area contributed by atoms with E-state index < -0.39 is 5.82 Å². The molecule has 2 heterocycles. The van der Waals surface area contributed by atoms with Gasteiger partial charge in [-0.1, -0.05) is 5.16 Å². The second kappa shape index (κ2) is 8.23. The number of halogens is 2. The molecule has 0 bridgehead atoms. The Balaban J connectivity index is 1.74. The van der Waals surface area contributed by atoms with Crippen LogP contribution in [0.4, 0.5) is 15.9 Å². The van der Waals surface area contributed by atoms with Gasteiger partial charge in [-0.15, -0.1) is 0 Å². The molecule has 2 aromatic rings. The molecule has 138 valence electrons. The van der Waals surface area contributed by atoms with Gasteiger partial charge in [0.1, 0.15) is 5.82 Å². The van der Waals surface area contributed by atoms with Crippen molar-refractivity contribution in [3.8, 4) is 0 Å². The molecule has 4 N–H and O–H groups in total. The second-order valence-electron chi connectivity index (χ2n) is 5.68. The lowest BCUT2D eigenvalue weighted by Crippen LogP contribution is -2.35. The number of benzene rings is 1. The maximum Gasteiger partial charge on any atom is 0.228 e. The summed E-state index contributed by atoms with van der Waals surface area (Å²) in [6.07, 6.45) is 1.44. The highest BCUT2D eigenvalue weighted by Gasteiger charge is 2.25. The number of nitrogens with zero attached hydrogens (tertiary/aromatic N) is 3. The van der Waals surface area contributed by atoms with Crippen LogP contribution < -0.4 is 16.0 Å². The van der Waals surface area contributed by atoms with Crippen molar-refractivity contribution < 1.29 is 19.0 Å². The van der Waals surface area contributed by atoms with Crippen molar-refractivity contribution in [3.63, 3.8) is 0 Å². The number of amidine groups is 1. The number of piperidine rings is 1. The molecule has 9 nitrogen and oxygen atoms in total. The van der Waals surface area contributed by atoms with Crippen LogP contribution >= 0.6 is 15.9 Å². The zero-order valence-electron chi connectivity index (χ0n) is 13.5. The highest BCUT2D eigenvalue weighted by molar-refractivity contribution is 9.10. The Labute approximate surface area is 156 Å². The molecule has 1 aromatic heterocycles. The summed E-state index contributed by atoms with van der Waals surface area (Å²) in [5.41, 5.74) is 0.458. The van der Waals surface area contributed by atoms with E-state index in [0.29, 0.717) is 5.69 Å². The van der Waals surface area contributed by atoms with Gasteiger partial charge in [0, 0.05) is 11.6 Å². The molecule has 1 aliphatic heterocycles. The number of hydrogen-bond acceptors (Lipinski definition) is 7. The molecule has 0 aliphatic carbocycles. The molecule has 1 saturated heterocycles. The Morgan fingerprint density at radius 2 is 2.12 bits per heavy atom. The van der Waals surface area contributed by atoms with E-state index in [2.05, 4.69) is 52.0 Å². The van der Waals surface area contributed by atoms with Crippen molar-refractivity contribution in [1.29, 1.82) is 0 Å². The van der Waals surface area contributed by atoms with Gasteiger partial charge in [0.25, 0.3) is 0 Å². The van der Waals surface area contributed by atoms with Crippen LogP contribution in [-0.4, -0.2) is 40.4 Å². The Bertz CT molecular complexity index is 821. The average molecular weight is 427 g/mol. The molecule has 0 saturated carbocycles. The SMILES string of the molecule is O=C(Nc1nonc1/C(=N\O)Nc1ccc(F)c(Br)c1)C1CCNCC1. The quantitative estimate of drug-likeness (QED) is 0.255. The number of carbonyl (C=O) groups is 1. The van der Waals surface area contributed by atoms with Crippen molar-refractivity contribution in [2.45, 2.75) is 12.8 Å². The minimum atomic E-state index is -0.434. The van der Waals surface area contributed by atoms with Gasteiger partial charge in [0.2, 0.25) is 17.6 Å². The standard InChI is InChI=1S/C15H16BrFN6O3/c16-10-7-9(1-2-11(10)17)19-13(21-25)12-14(23-26-22-12)20-15(24)8-3-5-18-6-4-8/h1-2,7-8,18,25H,3-6H2,(H,19,21)(H,20,23,24). The molecule has 1 aromatic carbocycles. The summed E-state index contributed by atoms with van der Waals surface area (Å²) in [6.45, 7) is 1.54. The largest absolute Gasteiger partial charge is 0.409 e. The topological polar surface area (TPSA) is 125 Å². The van der Waals surface area contributed by atoms with Crippen molar-refractivity contribution >= 4 is 39.2 Å². The summed E-state index contributed by atoms with van der Waals surface area (Å²) in [5.74, 6) is -0.849. The predicted octanol–water partition coefficient (Wildman–Crippen LogP) is 2.16. The maximum absolute atomic E-state index is 13.3. The van der Waals surface area contributed by atoms with Gasteiger partial charge in [-0.05, 0) is 70.4 Å². The third-order valence-corrected chi connectivity index (χ3v) is 4.55. The Hall–Kier alpha value is -2.53. The number of aromatic nitrogens is 2. The number of oxime groups is 1. The van der Waals surface area contributed by atoms with Gasteiger partial charge in [-0.25, -0.2) is 9.02 Å². The molecule has 3 rings (SSSR count). The highest BCUT2D eigenvalue weighted by Crippen LogP contribution is 2.22. The smallest absolute Gasteiger partial charge is 0.228 e. The van der Waals surface area contributed by atoms with E-state index in [-0.39, 0.29) is 33.6 Å². The number of anilines is 2. The fourth-order valence-electron chi connectivity index (χ4n) is 2.57. The van der Waals surface area contributed by atoms with E-state index in [9.17, 15) is 14.4 Å². The Kier molecular flexibility index (Phi) is 5.78. The molecule has 0 atom stereocenters. The molecule has 1 aliphatic rings. The molecular formula is C15H16BrFN6O3. The first-order valence-electron chi connectivity index (χ1n) is 7.87. The summed E-state index contributed by atoms with van der Waals surface area (Å²) in [4.78, 5) is 12.4. The fraction of sp³-hybridized carbons (Fsp3) is 0.333. The van der Waals surface area contributed by atoms with Crippen LogP contribution in [0.5, 0.6) is 0 Å². The van der Waals surface area contributed by atoms with E-state index in [1.807, 2.05) is 0 Å². The lowest BCUT2D eigenvalue weighted by molar-refractivity contribution is -0.120. The van der Waals surface area contributed by atoms with Crippen molar-refractivity contribution in [2.75, 3.05) is 23.7 Å². The molecule has 1 amide bonds. The van der Waals surface area contributed by atoms with Gasteiger partial charge in [0.05, 0.1) is 4.47 Å². The number of amides is 1. The first-order chi connectivity index (χ1) is 12.6. The van der Waals surface area contributed by atoms with Gasteiger partial charge >= 0.3 is 0 Å². The minimum Gasteiger partial charge on any atom is -0.409 e. The van der Waals surface area contributed by atoms with Crippen LogP contribution in [0.1, 0.15) is 18.5 Å². The third kappa shape index (κ3) is 4.17. The van der Waals surface area contributed by atoms with Crippen LogP contribution in [0.2, 0.25) is 0 Å². The van der Waals surface area contributed by atoms with Crippen LogP contribution in [0, 0.1) is 11.7 Å². The number of hydrogen-bond donors (Lipinski definition) is 4. The molecule has 0 spiro atoms. The lowest BCUT2D eigenvalue weighted by atomic mass is 9.97. The van der Waals surface area contributed by atoms with Crippen LogP contribution in [0.3, 0.4) is 0 Å². The average Bonchev–Trinajstić information content (AvgIpc) is 3.11. The molecule has 1 fully saturated rings. The predicted molar refractivity (Wildman–Crippen MR) is 94.6 cm³/mol. The molecule has 11 heteroatoms. The second-order valence-corrected chi connectivity index (χ2v) is 6.53. The number of nitrogens with one attached hydrogen (secondary N) is 3. The summed E-state index contributed by atoms with van der Waals surface area (Å²) < 4.78 is 18.2. The normalized spacial score (nSPS) is 15.7. The molecule has 26 heavy (non-hydrogen) atoms. The summed E-state index contributed by atoms with van der Waals surface area (Å²) in [5, 5.41) is 28.4. The van der Waals surface area contributed by atoms with Crippen LogP contribution in [-0.2, 0) is 4.79 Å². The summed E-state index contributed by atoms with van der Waals surface area (Å²) >= 11 is 3.07. The summed E-state index contributed by atoms with van der Waals surface area (Å²) in [6, 6.07) is 4.15. The van der Waals surface area contributed by atoms with E-state index in [4.69, 9.17) is 0 Å².